The molecule has 3 rings (SSSR count). The van der Waals surface area contributed by atoms with Crippen LogP contribution in [0.5, 0.6) is 11.5 Å². The minimum atomic E-state index is 0.239. The molecule has 35 heavy (non-hydrogen) atoms. The van der Waals surface area contributed by atoms with Crippen molar-refractivity contribution in [2.75, 3.05) is 26.2 Å². The summed E-state index contributed by atoms with van der Waals surface area (Å²) in [5.74, 6) is 0.478. The van der Waals surface area contributed by atoms with Gasteiger partial charge in [0, 0.05) is 71.3 Å². The number of aromatic hydroxyl groups is 2. The van der Waals surface area contributed by atoms with Crippen LogP contribution in [0.25, 0.3) is 0 Å². The zero-order chi connectivity index (χ0) is 25.5. The molecule has 0 atom stereocenters. The molecule has 1 aliphatic heterocycles. The molecule has 186 valence electrons. The molecular formula is C29H38N4O2. The lowest BCUT2D eigenvalue weighted by Crippen LogP contribution is -2.05. The average Bonchev–Trinajstić information content (AvgIpc) is 2.82. The molecule has 6 nitrogen and oxygen atoms in total. The third-order valence-corrected chi connectivity index (χ3v) is 6.35. The molecule has 4 bridgehead atoms. The van der Waals surface area contributed by atoms with E-state index in [2.05, 4.69) is 0 Å². The van der Waals surface area contributed by atoms with Gasteiger partial charge in [0.1, 0.15) is 11.5 Å². The summed E-state index contributed by atoms with van der Waals surface area (Å²) in [6.07, 6.45) is 2.56. The van der Waals surface area contributed by atoms with Crippen molar-refractivity contribution in [3.05, 3.63) is 57.6 Å². The van der Waals surface area contributed by atoms with Crippen LogP contribution < -0.4 is 0 Å². The van der Waals surface area contributed by atoms with E-state index in [0.717, 1.165) is 75.5 Å². The summed E-state index contributed by atoms with van der Waals surface area (Å²) < 4.78 is 0. The number of phenols is 2. The molecule has 2 aromatic rings. The molecule has 2 N–H and O–H groups in total. The van der Waals surface area contributed by atoms with Gasteiger partial charge in [-0.15, -0.1) is 0 Å². The molecule has 0 spiro atoms. The normalized spacial score (nSPS) is 16.4. The molecule has 0 radical (unpaired) electrons. The zero-order valence-corrected chi connectivity index (χ0v) is 21.9. The molecule has 6 heteroatoms. The topological polar surface area (TPSA) is 89.9 Å². The molecule has 0 saturated heterocycles. The maximum Gasteiger partial charge on any atom is 0.133 e. The van der Waals surface area contributed by atoms with E-state index in [1.54, 1.807) is 0 Å². The highest BCUT2D eigenvalue weighted by molar-refractivity contribution is 6.09. The van der Waals surface area contributed by atoms with Crippen molar-refractivity contribution < 1.29 is 10.2 Å². The second kappa shape index (κ2) is 11.9. The first kappa shape index (κ1) is 26.3. The summed E-state index contributed by atoms with van der Waals surface area (Å²) >= 11 is 0. The predicted molar refractivity (Wildman–Crippen MR) is 148 cm³/mol. The Morgan fingerprint density at radius 1 is 0.457 bits per heavy atom. The maximum absolute atomic E-state index is 11.0. The first-order valence-electron chi connectivity index (χ1n) is 12.4. The van der Waals surface area contributed by atoms with Gasteiger partial charge in [-0.3, -0.25) is 20.0 Å². The lowest BCUT2D eigenvalue weighted by molar-refractivity contribution is 0.472. The van der Waals surface area contributed by atoms with Gasteiger partial charge in [-0.2, -0.15) is 0 Å². The summed E-state index contributed by atoms with van der Waals surface area (Å²) in [4.78, 5) is 18.8. The quantitative estimate of drug-likeness (QED) is 0.503. The van der Waals surface area contributed by atoms with Crippen LogP contribution in [0.1, 0.15) is 80.3 Å². The number of fused-ring (bicyclic) bond motifs is 4. The number of nitrogens with zero attached hydrogens (tertiary/aromatic N) is 4. The summed E-state index contributed by atoms with van der Waals surface area (Å²) in [6.45, 7) is 14.4. The molecule has 1 aliphatic rings. The first-order chi connectivity index (χ1) is 16.7. The van der Waals surface area contributed by atoms with Crippen molar-refractivity contribution in [3.63, 3.8) is 0 Å². The fraction of sp³-hybridized carbons (Fsp3) is 0.448. The van der Waals surface area contributed by atoms with Crippen molar-refractivity contribution in [2.45, 2.75) is 60.8 Å². The second-order valence-corrected chi connectivity index (χ2v) is 9.35. The Balaban J connectivity index is 1.96. The van der Waals surface area contributed by atoms with Gasteiger partial charge in [0.2, 0.25) is 0 Å². The van der Waals surface area contributed by atoms with Crippen LogP contribution in [-0.4, -0.2) is 59.2 Å². The van der Waals surface area contributed by atoms with Gasteiger partial charge in [-0.25, -0.2) is 0 Å². The van der Waals surface area contributed by atoms with Crippen molar-refractivity contribution in [2.24, 2.45) is 20.0 Å². The van der Waals surface area contributed by atoms with Crippen molar-refractivity contribution in [1.29, 1.82) is 0 Å². The van der Waals surface area contributed by atoms with Crippen LogP contribution in [0.2, 0.25) is 0 Å². The van der Waals surface area contributed by atoms with Crippen molar-refractivity contribution in [3.8, 4) is 11.5 Å². The Morgan fingerprint density at radius 2 is 0.714 bits per heavy atom. The van der Waals surface area contributed by atoms with Gasteiger partial charge in [0.25, 0.3) is 0 Å². The number of benzene rings is 2. The monoisotopic (exact) mass is 474 g/mol. The van der Waals surface area contributed by atoms with Crippen LogP contribution in [0, 0.1) is 13.8 Å². The highest BCUT2D eigenvalue weighted by Crippen LogP contribution is 2.28. The molecule has 0 unspecified atom stereocenters. The van der Waals surface area contributed by atoms with Gasteiger partial charge < -0.3 is 10.2 Å². The summed E-state index contributed by atoms with van der Waals surface area (Å²) in [5, 5.41) is 21.9. The fourth-order valence-electron chi connectivity index (χ4n) is 4.28. The van der Waals surface area contributed by atoms with E-state index < -0.39 is 0 Å². The van der Waals surface area contributed by atoms with Gasteiger partial charge in [0.05, 0.1) is 0 Å². The van der Waals surface area contributed by atoms with Crippen molar-refractivity contribution >= 4 is 22.8 Å². The lowest BCUT2D eigenvalue weighted by Gasteiger charge is -2.12. The molecule has 2 aromatic carbocycles. The third kappa shape index (κ3) is 6.65. The Morgan fingerprint density at radius 3 is 1.00 bits per heavy atom. The Bertz CT molecular complexity index is 1110. The molecule has 0 fully saturated rings. The number of hydrogen-bond acceptors (Lipinski definition) is 6. The standard InChI is InChI=1S/C29H38N4O2/c1-18-14-24-20(3)30-10-7-8-11-31-21(4)25-15-19(2)17-27(29(25)35)23(6)33-13-9-12-32-22(5)26(16-18)28(24)34/h14-17,34-35H,7-13H2,1-6H3. The Labute approximate surface area is 209 Å². The van der Waals surface area contributed by atoms with E-state index in [1.807, 2.05) is 65.8 Å². The zero-order valence-electron chi connectivity index (χ0n) is 21.9. The molecule has 0 aromatic heterocycles. The SMILES string of the molecule is CC1=NCCCCN=C(C)c2cc(C)cc(c2O)C(C)=NCCCN=C(C)c2cc(C)cc1c2O. The van der Waals surface area contributed by atoms with Gasteiger partial charge in [-0.1, -0.05) is 0 Å². The van der Waals surface area contributed by atoms with Crippen LogP contribution in [0.4, 0.5) is 0 Å². The van der Waals surface area contributed by atoms with E-state index >= 15 is 0 Å². The van der Waals surface area contributed by atoms with E-state index in [9.17, 15) is 10.2 Å². The summed E-state index contributed by atoms with van der Waals surface area (Å²) in [5.41, 5.74) is 8.43. The average molecular weight is 475 g/mol. The highest BCUT2D eigenvalue weighted by Gasteiger charge is 2.15. The highest BCUT2D eigenvalue weighted by atomic mass is 16.3. The van der Waals surface area contributed by atoms with Crippen molar-refractivity contribution in [1.82, 2.24) is 0 Å². The van der Waals surface area contributed by atoms with Crippen LogP contribution >= 0.6 is 0 Å². The van der Waals surface area contributed by atoms with Gasteiger partial charge in [0.15, 0.2) is 0 Å². The van der Waals surface area contributed by atoms with Gasteiger partial charge >= 0.3 is 0 Å². The smallest absolute Gasteiger partial charge is 0.133 e. The number of hydrogen-bond donors (Lipinski definition) is 2. The molecule has 0 saturated carbocycles. The minimum Gasteiger partial charge on any atom is -0.507 e. The minimum absolute atomic E-state index is 0.239. The number of rotatable bonds is 0. The molecule has 0 amide bonds. The van der Waals surface area contributed by atoms with Gasteiger partial charge in [-0.05, 0) is 96.2 Å². The number of aryl methyl sites for hydroxylation is 2. The van der Waals surface area contributed by atoms with Crippen LogP contribution in [-0.2, 0) is 0 Å². The fourth-order valence-corrected chi connectivity index (χ4v) is 4.28. The van der Waals surface area contributed by atoms with E-state index in [-0.39, 0.29) is 11.5 Å². The molecule has 0 aliphatic carbocycles. The summed E-state index contributed by atoms with van der Waals surface area (Å²) in [6, 6.07) is 7.91. The second-order valence-electron chi connectivity index (χ2n) is 9.35. The van der Waals surface area contributed by atoms with Crippen LogP contribution in [0.15, 0.2) is 44.2 Å². The predicted octanol–water partition coefficient (Wildman–Crippen LogP) is 5.83. The van der Waals surface area contributed by atoms with E-state index in [0.29, 0.717) is 26.2 Å². The Hall–Kier alpha value is -3.28. The maximum atomic E-state index is 11.0. The third-order valence-electron chi connectivity index (χ3n) is 6.35. The van der Waals surface area contributed by atoms with E-state index in [4.69, 9.17) is 20.0 Å². The molecule has 1 heterocycles. The Kier molecular flexibility index (Phi) is 8.96. The lowest BCUT2D eigenvalue weighted by atomic mass is 9.99. The molecular weight excluding hydrogens is 436 g/mol. The number of phenolic OH excluding ortho intramolecular Hbond substituents is 2. The number of aliphatic imine (C=N–C) groups is 4. The largest absolute Gasteiger partial charge is 0.507 e. The van der Waals surface area contributed by atoms with Crippen LogP contribution in [0.3, 0.4) is 0 Å². The van der Waals surface area contributed by atoms with E-state index in [1.165, 1.54) is 0 Å². The first-order valence-corrected chi connectivity index (χ1v) is 12.4. The summed E-state index contributed by atoms with van der Waals surface area (Å²) in [7, 11) is 0.